The summed E-state index contributed by atoms with van der Waals surface area (Å²) >= 11 is 0. The first-order valence-electron chi connectivity index (χ1n) is 3.09. The van der Waals surface area contributed by atoms with Gasteiger partial charge in [-0.2, -0.15) is 0 Å². The van der Waals surface area contributed by atoms with Crippen molar-refractivity contribution in [3.8, 4) is 0 Å². The van der Waals surface area contributed by atoms with Gasteiger partial charge in [0.15, 0.2) is 0 Å². The van der Waals surface area contributed by atoms with E-state index in [-0.39, 0.29) is 6.04 Å². The second-order valence-corrected chi connectivity index (χ2v) is 2.04. The summed E-state index contributed by atoms with van der Waals surface area (Å²) in [6.45, 7) is 3.81. The van der Waals surface area contributed by atoms with Gasteiger partial charge in [0.25, 0.3) is 0 Å². The zero-order chi connectivity index (χ0) is 7.11. The minimum Gasteiger partial charge on any atom is -0.382 e. The van der Waals surface area contributed by atoms with Gasteiger partial charge >= 0.3 is 0 Å². The van der Waals surface area contributed by atoms with Crippen molar-refractivity contribution < 1.29 is 9.47 Å². The molecule has 0 aromatic carbocycles. The van der Waals surface area contributed by atoms with Gasteiger partial charge in [-0.15, -0.1) is 0 Å². The number of hydrogen-bond acceptors (Lipinski definition) is 3. The van der Waals surface area contributed by atoms with Crippen LogP contribution in [0.5, 0.6) is 0 Å². The topological polar surface area (TPSA) is 44.5 Å². The summed E-state index contributed by atoms with van der Waals surface area (Å²) in [5, 5.41) is 0. The van der Waals surface area contributed by atoms with E-state index in [2.05, 4.69) is 0 Å². The zero-order valence-electron chi connectivity index (χ0n) is 6.09. The summed E-state index contributed by atoms with van der Waals surface area (Å²) in [6, 6.07) is 0.127. The molecule has 0 amide bonds. The third-order valence-electron chi connectivity index (χ3n) is 0.813. The van der Waals surface area contributed by atoms with Crippen LogP contribution in [0.2, 0.25) is 0 Å². The average Bonchev–Trinajstić information content (AvgIpc) is 1.80. The van der Waals surface area contributed by atoms with Gasteiger partial charge in [-0.1, -0.05) is 0 Å². The normalized spacial score (nSPS) is 13.7. The molecular weight excluding hydrogens is 118 g/mol. The molecule has 56 valence electrons. The molecule has 0 heterocycles. The second-order valence-electron chi connectivity index (χ2n) is 2.04. The molecule has 0 aromatic rings. The monoisotopic (exact) mass is 133 g/mol. The molecule has 0 bridgehead atoms. The molecule has 0 rings (SSSR count). The highest BCUT2D eigenvalue weighted by atomic mass is 16.5. The first kappa shape index (κ1) is 8.88. The van der Waals surface area contributed by atoms with Crippen molar-refractivity contribution >= 4 is 0 Å². The highest BCUT2D eigenvalue weighted by Gasteiger charge is 1.91. The van der Waals surface area contributed by atoms with E-state index in [1.807, 2.05) is 6.92 Å². The molecule has 0 unspecified atom stereocenters. The van der Waals surface area contributed by atoms with Gasteiger partial charge in [0.2, 0.25) is 0 Å². The molecule has 9 heavy (non-hydrogen) atoms. The fourth-order valence-electron chi connectivity index (χ4n) is 0.411. The van der Waals surface area contributed by atoms with E-state index in [0.29, 0.717) is 19.8 Å². The third kappa shape index (κ3) is 7.88. The van der Waals surface area contributed by atoms with Gasteiger partial charge in [-0.05, 0) is 6.92 Å². The van der Waals surface area contributed by atoms with Crippen molar-refractivity contribution in [1.82, 2.24) is 0 Å². The lowest BCUT2D eigenvalue weighted by Crippen LogP contribution is -2.22. The number of methoxy groups -OCH3 is 1. The summed E-state index contributed by atoms with van der Waals surface area (Å²) in [5.41, 5.74) is 5.41. The predicted molar refractivity (Wildman–Crippen MR) is 36.3 cm³/mol. The molecule has 0 saturated carbocycles. The smallest absolute Gasteiger partial charge is 0.0701 e. The van der Waals surface area contributed by atoms with Gasteiger partial charge in [-0.3, -0.25) is 0 Å². The van der Waals surface area contributed by atoms with Gasteiger partial charge in [0.05, 0.1) is 19.8 Å². The lowest BCUT2D eigenvalue weighted by molar-refractivity contribution is 0.0656. The number of hydrogen-bond donors (Lipinski definition) is 1. The van der Waals surface area contributed by atoms with Crippen molar-refractivity contribution in [2.75, 3.05) is 26.9 Å². The van der Waals surface area contributed by atoms with E-state index in [9.17, 15) is 0 Å². The van der Waals surface area contributed by atoms with Crippen molar-refractivity contribution in [2.24, 2.45) is 5.73 Å². The van der Waals surface area contributed by atoms with E-state index in [1.165, 1.54) is 0 Å². The maximum atomic E-state index is 5.41. The van der Waals surface area contributed by atoms with Gasteiger partial charge in [0, 0.05) is 13.2 Å². The van der Waals surface area contributed by atoms with Gasteiger partial charge < -0.3 is 15.2 Å². The van der Waals surface area contributed by atoms with Gasteiger partial charge in [-0.25, -0.2) is 0 Å². The Morgan fingerprint density at radius 1 is 1.44 bits per heavy atom. The van der Waals surface area contributed by atoms with E-state index in [4.69, 9.17) is 15.2 Å². The Morgan fingerprint density at radius 2 is 2.11 bits per heavy atom. The van der Waals surface area contributed by atoms with Crippen molar-refractivity contribution in [3.63, 3.8) is 0 Å². The molecular formula is C6H15NO2. The molecule has 0 aliphatic heterocycles. The molecule has 0 radical (unpaired) electrons. The molecule has 0 spiro atoms. The Morgan fingerprint density at radius 3 is 2.56 bits per heavy atom. The molecule has 0 fully saturated rings. The van der Waals surface area contributed by atoms with E-state index in [1.54, 1.807) is 7.11 Å². The molecule has 0 aromatic heterocycles. The molecule has 0 saturated heterocycles. The van der Waals surface area contributed by atoms with Crippen LogP contribution in [0, 0.1) is 0 Å². The summed E-state index contributed by atoms with van der Waals surface area (Å²) in [6.07, 6.45) is 0. The Hall–Kier alpha value is -0.120. The average molecular weight is 133 g/mol. The van der Waals surface area contributed by atoms with Gasteiger partial charge in [0.1, 0.15) is 0 Å². The van der Waals surface area contributed by atoms with Crippen LogP contribution in [0.3, 0.4) is 0 Å². The van der Waals surface area contributed by atoms with Crippen LogP contribution in [-0.2, 0) is 9.47 Å². The highest BCUT2D eigenvalue weighted by Crippen LogP contribution is 1.79. The Bertz CT molecular complexity index is 57.0. The molecule has 3 nitrogen and oxygen atoms in total. The fraction of sp³-hybridized carbons (Fsp3) is 1.00. The van der Waals surface area contributed by atoms with Crippen molar-refractivity contribution in [3.05, 3.63) is 0 Å². The standard InChI is InChI=1S/C6H15NO2/c1-6(7)5-9-4-3-8-2/h6H,3-5,7H2,1-2H3/t6-/m0/s1. The summed E-state index contributed by atoms with van der Waals surface area (Å²) in [7, 11) is 1.65. The summed E-state index contributed by atoms with van der Waals surface area (Å²) in [4.78, 5) is 0. The predicted octanol–water partition coefficient (Wildman–Crippen LogP) is -0.00340. The van der Waals surface area contributed by atoms with E-state index >= 15 is 0 Å². The lowest BCUT2D eigenvalue weighted by atomic mass is 10.4. The summed E-state index contributed by atoms with van der Waals surface area (Å²) < 4.78 is 9.84. The highest BCUT2D eigenvalue weighted by molar-refractivity contribution is 4.47. The molecule has 2 N–H and O–H groups in total. The molecule has 0 aliphatic rings. The van der Waals surface area contributed by atoms with Crippen molar-refractivity contribution in [2.45, 2.75) is 13.0 Å². The Balaban J connectivity index is 2.75. The minimum atomic E-state index is 0.127. The zero-order valence-corrected chi connectivity index (χ0v) is 6.09. The van der Waals surface area contributed by atoms with E-state index < -0.39 is 0 Å². The van der Waals surface area contributed by atoms with E-state index in [0.717, 1.165) is 0 Å². The molecule has 3 heteroatoms. The largest absolute Gasteiger partial charge is 0.382 e. The maximum absolute atomic E-state index is 5.41. The van der Waals surface area contributed by atoms with Crippen LogP contribution in [-0.4, -0.2) is 33.0 Å². The van der Waals surface area contributed by atoms with Crippen LogP contribution < -0.4 is 5.73 Å². The summed E-state index contributed by atoms with van der Waals surface area (Å²) in [5.74, 6) is 0. The van der Waals surface area contributed by atoms with Crippen LogP contribution in [0.15, 0.2) is 0 Å². The minimum absolute atomic E-state index is 0.127. The third-order valence-corrected chi connectivity index (χ3v) is 0.813. The quantitative estimate of drug-likeness (QED) is 0.537. The second kappa shape index (κ2) is 6.01. The fourth-order valence-corrected chi connectivity index (χ4v) is 0.411. The maximum Gasteiger partial charge on any atom is 0.0701 e. The number of ether oxygens (including phenoxy) is 2. The molecule has 1 atom stereocenters. The lowest BCUT2D eigenvalue weighted by Gasteiger charge is -2.04. The number of rotatable bonds is 5. The Labute approximate surface area is 56.1 Å². The first-order chi connectivity index (χ1) is 4.27. The van der Waals surface area contributed by atoms with Crippen LogP contribution in [0.4, 0.5) is 0 Å². The van der Waals surface area contributed by atoms with Crippen LogP contribution in [0.1, 0.15) is 6.92 Å². The Kier molecular flexibility index (Phi) is 5.93. The molecule has 0 aliphatic carbocycles. The number of nitrogens with two attached hydrogens (primary N) is 1. The SMILES string of the molecule is COCCOC[C@H](C)N. The van der Waals surface area contributed by atoms with Crippen molar-refractivity contribution in [1.29, 1.82) is 0 Å². The van der Waals surface area contributed by atoms with Crippen LogP contribution in [0.25, 0.3) is 0 Å². The van der Waals surface area contributed by atoms with Crippen LogP contribution >= 0.6 is 0 Å². The first-order valence-corrected chi connectivity index (χ1v) is 3.09.